The van der Waals surface area contributed by atoms with Crippen LogP contribution in [0.3, 0.4) is 0 Å². The van der Waals surface area contributed by atoms with Crippen LogP contribution in [0.15, 0.2) is 29.3 Å². The number of aliphatic imine (C=N–C) groups is 1. The monoisotopic (exact) mass is 252 g/mol. The van der Waals surface area contributed by atoms with Gasteiger partial charge in [-0.1, -0.05) is 12.1 Å². The summed E-state index contributed by atoms with van der Waals surface area (Å²) in [5.41, 5.74) is 10.8. The topological polar surface area (TPSA) is 145 Å². The van der Waals surface area contributed by atoms with Crippen molar-refractivity contribution in [2.45, 2.75) is 12.5 Å². The number of nitro groups is 1. The first-order valence-electron chi connectivity index (χ1n) is 4.95. The summed E-state index contributed by atoms with van der Waals surface area (Å²) < 4.78 is 0. The number of nitrogens with two attached hydrogens (primary N) is 2. The third-order valence-corrected chi connectivity index (χ3v) is 2.16. The van der Waals surface area contributed by atoms with E-state index in [4.69, 9.17) is 16.6 Å². The number of carbonyl (C=O) groups is 1. The number of carboxylic acid groups (broad SMARTS) is 1. The van der Waals surface area contributed by atoms with Crippen LogP contribution in [0.4, 0.5) is 5.69 Å². The zero-order chi connectivity index (χ0) is 13.7. The van der Waals surface area contributed by atoms with E-state index in [9.17, 15) is 14.9 Å². The Morgan fingerprint density at radius 1 is 1.39 bits per heavy atom. The van der Waals surface area contributed by atoms with Crippen molar-refractivity contribution in [1.29, 1.82) is 0 Å². The van der Waals surface area contributed by atoms with E-state index < -0.39 is 16.9 Å². The van der Waals surface area contributed by atoms with Gasteiger partial charge in [-0.3, -0.25) is 14.9 Å². The third-order valence-electron chi connectivity index (χ3n) is 2.16. The largest absolute Gasteiger partial charge is 0.481 e. The second-order valence-corrected chi connectivity index (χ2v) is 3.52. The Morgan fingerprint density at radius 2 is 1.94 bits per heavy atom. The normalized spacial score (nSPS) is 11.6. The van der Waals surface area contributed by atoms with Crippen LogP contribution in [-0.4, -0.2) is 22.0 Å². The van der Waals surface area contributed by atoms with Gasteiger partial charge in [0.25, 0.3) is 5.69 Å². The lowest BCUT2D eigenvalue weighted by atomic mass is 10.0. The Balaban J connectivity index is 3.01. The number of hydrogen-bond acceptors (Lipinski definition) is 4. The first kappa shape index (κ1) is 13.4. The van der Waals surface area contributed by atoms with Gasteiger partial charge in [0, 0.05) is 12.1 Å². The molecule has 1 aromatic rings. The Labute approximate surface area is 102 Å². The van der Waals surface area contributed by atoms with Crippen LogP contribution in [-0.2, 0) is 4.79 Å². The molecule has 0 aliphatic carbocycles. The van der Waals surface area contributed by atoms with Crippen LogP contribution in [0.2, 0.25) is 0 Å². The van der Waals surface area contributed by atoms with E-state index in [0.717, 1.165) is 0 Å². The van der Waals surface area contributed by atoms with E-state index in [1.165, 1.54) is 24.3 Å². The fourth-order valence-electron chi connectivity index (χ4n) is 1.40. The molecule has 1 atom stereocenters. The number of carboxylic acids is 1. The van der Waals surface area contributed by atoms with Crippen molar-refractivity contribution in [3.63, 3.8) is 0 Å². The number of benzene rings is 1. The van der Waals surface area contributed by atoms with Crippen molar-refractivity contribution < 1.29 is 14.8 Å². The van der Waals surface area contributed by atoms with Gasteiger partial charge in [-0.15, -0.1) is 0 Å². The van der Waals surface area contributed by atoms with Gasteiger partial charge in [0.15, 0.2) is 5.96 Å². The van der Waals surface area contributed by atoms with Crippen molar-refractivity contribution in [3.05, 3.63) is 39.9 Å². The van der Waals surface area contributed by atoms with E-state index in [-0.39, 0.29) is 18.1 Å². The number of hydrogen-bond donors (Lipinski definition) is 3. The van der Waals surface area contributed by atoms with Crippen LogP contribution in [0.5, 0.6) is 0 Å². The van der Waals surface area contributed by atoms with E-state index >= 15 is 0 Å². The first-order valence-corrected chi connectivity index (χ1v) is 4.95. The van der Waals surface area contributed by atoms with Crippen molar-refractivity contribution in [3.8, 4) is 0 Å². The fraction of sp³-hybridized carbons (Fsp3) is 0.200. The van der Waals surface area contributed by atoms with Crippen LogP contribution in [0, 0.1) is 10.1 Å². The Bertz CT molecular complexity index is 479. The molecular formula is C10H12N4O4. The second kappa shape index (κ2) is 5.62. The van der Waals surface area contributed by atoms with Crippen LogP contribution in [0.25, 0.3) is 0 Å². The standard InChI is InChI=1S/C10H12N4O4/c11-10(12)13-8(5-9(15)16)6-1-3-7(4-2-6)14(17)18/h1-4,8H,5H2,(H,15,16)(H4,11,12,13). The highest BCUT2D eigenvalue weighted by molar-refractivity contribution is 5.77. The molecular weight excluding hydrogens is 240 g/mol. The molecule has 0 saturated carbocycles. The SMILES string of the molecule is NC(N)=NC(CC(=O)O)c1ccc([N+](=O)[O-])cc1. The van der Waals surface area contributed by atoms with Gasteiger partial charge in [0.1, 0.15) is 0 Å². The molecule has 8 heteroatoms. The molecule has 8 nitrogen and oxygen atoms in total. The highest BCUT2D eigenvalue weighted by Crippen LogP contribution is 2.23. The van der Waals surface area contributed by atoms with E-state index in [0.29, 0.717) is 5.56 Å². The number of non-ortho nitro benzene ring substituents is 1. The summed E-state index contributed by atoms with van der Waals surface area (Å²) in [5, 5.41) is 19.2. The maximum absolute atomic E-state index is 10.7. The van der Waals surface area contributed by atoms with Crippen LogP contribution >= 0.6 is 0 Å². The first-order chi connectivity index (χ1) is 8.40. The summed E-state index contributed by atoms with van der Waals surface area (Å²) >= 11 is 0. The highest BCUT2D eigenvalue weighted by atomic mass is 16.6. The average molecular weight is 252 g/mol. The maximum atomic E-state index is 10.7. The van der Waals surface area contributed by atoms with Gasteiger partial charge in [-0.05, 0) is 5.56 Å². The van der Waals surface area contributed by atoms with E-state index in [2.05, 4.69) is 4.99 Å². The molecule has 1 unspecified atom stereocenters. The molecule has 0 spiro atoms. The van der Waals surface area contributed by atoms with Gasteiger partial charge in [0.2, 0.25) is 0 Å². The molecule has 0 heterocycles. The van der Waals surface area contributed by atoms with Gasteiger partial charge < -0.3 is 16.6 Å². The molecule has 0 aliphatic heterocycles. The Hall–Kier alpha value is -2.64. The van der Waals surface area contributed by atoms with Crippen molar-refractivity contribution >= 4 is 17.6 Å². The number of aliphatic carboxylic acids is 1. The molecule has 1 rings (SSSR count). The molecule has 0 fully saturated rings. The zero-order valence-corrected chi connectivity index (χ0v) is 9.31. The van der Waals surface area contributed by atoms with Crippen molar-refractivity contribution in [1.82, 2.24) is 0 Å². The molecule has 18 heavy (non-hydrogen) atoms. The fourth-order valence-corrected chi connectivity index (χ4v) is 1.40. The molecule has 0 saturated heterocycles. The minimum atomic E-state index is -1.07. The average Bonchev–Trinajstić information content (AvgIpc) is 2.27. The number of nitro benzene ring substituents is 1. The van der Waals surface area contributed by atoms with E-state index in [1.54, 1.807) is 0 Å². The third kappa shape index (κ3) is 3.74. The number of rotatable bonds is 5. The maximum Gasteiger partial charge on any atom is 0.305 e. The second-order valence-electron chi connectivity index (χ2n) is 3.52. The summed E-state index contributed by atoms with van der Waals surface area (Å²) in [4.78, 5) is 24.4. The predicted molar refractivity (Wildman–Crippen MR) is 63.9 cm³/mol. The molecule has 0 aliphatic rings. The lowest BCUT2D eigenvalue weighted by Crippen LogP contribution is -2.24. The summed E-state index contributed by atoms with van der Waals surface area (Å²) in [7, 11) is 0. The van der Waals surface area contributed by atoms with E-state index in [1.807, 2.05) is 0 Å². The van der Waals surface area contributed by atoms with Crippen molar-refractivity contribution in [2.75, 3.05) is 0 Å². The number of nitrogens with zero attached hydrogens (tertiary/aromatic N) is 2. The molecule has 0 aromatic heterocycles. The zero-order valence-electron chi connectivity index (χ0n) is 9.31. The van der Waals surface area contributed by atoms with Crippen LogP contribution < -0.4 is 11.5 Å². The number of guanidine groups is 1. The summed E-state index contributed by atoms with van der Waals surface area (Å²) in [5.74, 6) is -1.30. The lowest BCUT2D eigenvalue weighted by molar-refractivity contribution is -0.384. The molecule has 96 valence electrons. The lowest BCUT2D eigenvalue weighted by Gasteiger charge is -2.10. The predicted octanol–water partition coefficient (Wildman–Crippen LogP) is 0.384. The summed E-state index contributed by atoms with van der Waals surface area (Å²) in [6.07, 6.45) is -0.296. The smallest absolute Gasteiger partial charge is 0.305 e. The molecule has 1 aromatic carbocycles. The molecule has 0 bridgehead atoms. The summed E-state index contributed by atoms with van der Waals surface area (Å²) in [6.45, 7) is 0. The Kier molecular flexibility index (Phi) is 4.19. The molecule has 5 N–H and O–H groups in total. The molecule has 0 radical (unpaired) electrons. The van der Waals surface area contributed by atoms with Gasteiger partial charge in [-0.2, -0.15) is 0 Å². The quantitative estimate of drug-likeness (QED) is 0.299. The Morgan fingerprint density at radius 3 is 2.33 bits per heavy atom. The van der Waals surface area contributed by atoms with Gasteiger partial charge in [-0.25, -0.2) is 4.99 Å². The van der Waals surface area contributed by atoms with Crippen molar-refractivity contribution in [2.24, 2.45) is 16.5 Å². The highest BCUT2D eigenvalue weighted by Gasteiger charge is 2.16. The van der Waals surface area contributed by atoms with Gasteiger partial charge in [0.05, 0.1) is 17.4 Å². The van der Waals surface area contributed by atoms with Gasteiger partial charge >= 0.3 is 5.97 Å². The minimum absolute atomic E-state index is 0.0856. The summed E-state index contributed by atoms with van der Waals surface area (Å²) in [6, 6.07) is 4.64. The minimum Gasteiger partial charge on any atom is -0.481 e. The molecule has 0 amide bonds. The van der Waals surface area contributed by atoms with Crippen LogP contribution in [0.1, 0.15) is 18.0 Å².